The third-order valence-electron chi connectivity index (χ3n) is 7.15. The molecule has 7 aromatic rings. The molecule has 0 aliphatic rings. The first kappa shape index (κ1) is 26.2. The first-order chi connectivity index (χ1) is 20.7. The first-order valence-corrected chi connectivity index (χ1v) is 15.2. The molecule has 0 fully saturated rings. The number of aliphatic hydroxyl groups excluding tert-OH is 1. The Morgan fingerprint density at radius 1 is 0.690 bits per heavy atom. The third-order valence-corrected chi connectivity index (χ3v) is 8.92. The van der Waals surface area contributed by atoms with Crippen molar-refractivity contribution in [3.05, 3.63) is 114 Å². The highest BCUT2D eigenvalue weighted by Crippen LogP contribution is 2.40. The van der Waals surface area contributed by atoms with E-state index in [4.69, 9.17) is 4.74 Å². The van der Waals surface area contributed by atoms with E-state index in [9.17, 15) is 5.11 Å². The molecule has 0 aliphatic heterocycles. The van der Waals surface area contributed by atoms with Crippen molar-refractivity contribution in [2.24, 2.45) is 0 Å². The molecule has 0 bridgehead atoms. The van der Waals surface area contributed by atoms with Gasteiger partial charge >= 0.3 is 0 Å². The molecule has 0 radical (unpaired) electrons. The Morgan fingerprint density at radius 2 is 1.26 bits per heavy atom. The van der Waals surface area contributed by atoms with Crippen molar-refractivity contribution in [3.63, 3.8) is 0 Å². The molecule has 0 aliphatic carbocycles. The van der Waals surface area contributed by atoms with Crippen molar-refractivity contribution in [3.8, 4) is 33.9 Å². The summed E-state index contributed by atoms with van der Waals surface area (Å²) in [5.74, 6) is 1.82. The Balaban J connectivity index is 1.11. The van der Waals surface area contributed by atoms with E-state index in [0.29, 0.717) is 17.4 Å². The fourth-order valence-electron chi connectivity index (χ4n) is 5.00. The van der Waals surface area contributed by atoms with Crippen molar-refractivity contribution in [2.75, 3.05) is 5.32 Å². The van der Waals surface area contributed by atoms with E-state index in [2.05, 4.69) is 60.3 Å². The fourth-order valence-corrected chi connectivity index (χ4v) is 6.82. The van der Waals surface area contributed by atoms with Gasteiger partial charge in [0.2, 0.25) is 5.88 Å². The summed E-state index contributed by atoms with van der Waals surface area (Å²) in [5, 5.41) is 20.7. The molecule has 9 heteroatoms. The fraction of sp³-hybridized carbons (Fsp3) is 0.0909. The number of hydrogen-bond acceptors (Lipinski definition) is 9. The van der Waals surface area contributed by atoms with Crippen LogP contribution in [0.1, 0.15) is 18.6 Å². The molecule has 7 rings (SSSR count). The average Bonchev–Trinajstić information content (AvgIpc) is 3.68. The predicted octanol–water partition coefficient (Wildman–Crippen LogP) is 8.36. The molecule has 2 unspecified atom stereocenters. The third kappa shape index (κ3) is 4.98. The van der Waals surface area contributed by atoms with Crippen LogP contribution in [0.25, 0.3) is 42.7 Å². The molecule has 0 spiro atoms. The minimum atomic E-state index is -0.782. The Bertz CT molecular complexity index is 1980. The molecule has 0 saturated carbocycles. The van der Waals surface area contributed by atoms with Crippen LogP contribution in [0.4, 0.5) is 5.82 Å². The maximum atomic E-state index is 11.3. The molecule has 0 saturated heterocycles. The monoisotopic (exact) mass is 587 g/mol. The summed E-state index contributed by atoms with van der Waals surface area (Å²) >= 11 is 3.15. The SMILES string of the molecule is CC(Nc1ncnc2scc(-c3ccccc3)c12)C(O)c1ccc(Oc2ncnc3scc(-c4ccccc4)c23)cc1. The lowest BCUT2D eigenvalue weighted by atomic mass is 10.0. The van der Waals surface area contributed by atoms with Gasteiger partial charge in [0.25, 0.3) is 0 Å². The quantitative estimate of drug-likeness (QED) is 0.185. The van der Waals surface area contributed by atoms with Gasteiger partial charge in [0.15, 0.2) is 0 Å². The van der Waals surface area contributed by atoms with Gasteiger partial charge < -0.3 is 15.2 Å². The van der Waals surface area contributed by atoms with E-state index >= 15 is 0 Å². The zero-order chi connectivity index (χ0) is 28.5. The van der Waals surface area contributed by atoms with Gasteiger partial charge in [-0.1, -0.05) is 72.8 Å². The summed E-state index contributed by atoms with van der Waals surface area (Å²) in [7, 11) is 0. The number of anilines is 1. The summed E-state index contributed by atoms with van der Waals surface area (Å²) in [6.07, 6.45) is 2.30. The zero-order valence-electron chi connectivity index (χ0n) is 22.5. The highest BCUT2D eigenvalue weighted by Gasteiger charge is 2.21. The standard InChI is InChI=1S/C33H25N5O2S2/c1-20(38-30-27-25(21-8-4-2-5-9-21)16-41-32(27)36-18-34-30)29(39)23-12-14-24(15-13-23)40-31-28-26(22-10-6-3-7-11-22)17-42-33(28)37-19-35-31/h2-20,29,39H,1H3,(H,34,36,38). The summed E-state index contributed by atoms with van der Waals surface area (Å²) in [5.41, 5.74) is 5.06. The number of fused-ring (bicyclic) bond motifs is 2. The van der Waals surface area contributed by atoms with Gasteiger partial charge in [0, 0.05) is 21.9 Å². The molecular formula is C33H25N5O2S2. The summed E-state index contributed by atoms with van der Waals surface area (Å²) in [6.45, 7) is 1.94. The first-order valence-electron chi connectivity index (χ1n) is 13.4. The van der Waals surface area contributed by atoms with Gasteiger partial charge in [0.05, 0.1) is 22.9 Å². The number of ether oxygens (including phenoxy) is 1. The number of thiophene rings is 2. The Morgan fingerprint density at radius 3 is 1.90 bits per heavy atom. The lowest BCUT2D eigenvalue weighted by molar-refractivity contribution is 0.160. The maximum Gasteiger partial charge on any atom is 0.231 e. The van der Waals surface area contributed by atoms with Crippen LogP contribution in [0.5, 0.6) is 11.6 Å². The second-order valence-electron chi connectivity index (χ2n) is 9.84. The molecular weight excluding hydrogens is 563 g/mol. The minimum Gasteiger partial charge on any atom is -0.438 e. The predicted molar refractivity (Wildman–Crippen MR) is 170 cm³/mol. The molecule has 206 valence electrons. The topological polar surface area (TPSA) is 93.1 Å². The van der Waals surface area contributed by atoms with E-state index in [1.807, 2.05) is 67.6 Å². The van der Waals surface area contributed by atoms with E-state index in [0.717, 1.165) is 48.3 Å². The highest BCUT2D eigenvalue weighted by molar-refractivity contribution is 7.17. The van der Waals surface area contributed by atoms with Crippen LogP contribution in [0.2, 0.25) is 0 Å². The van der Waals surface area contributed by atoms with Crippen molar-refractivity contribution < 1.29 is 9.84 Å². The van der Waals surface area contributed by atoms with Crippen molar-refractivity contribution in [1.29, 1.82) is 0 Å². The maximum absolute atomic E-state index is 11.3. The molecule has 2 N–H and O–H groups in total. The van der Waals surface area contributed by atoms with E-state index in [1.54, 1.807) is 29.0 Å². The van der Waals surface area contributed by atoms with Crippen LogP contribution in [0.15, 0.2) is 108 Å². The lowest BCUT2D eigenvalue weighted by Crippen LogP contribution is -2.24. The zero-order valence-corrected chi connectivity index (χ0v) is 24.1. The van der Waals surface area contributed by atoms with Crippen LogP contribution in [0, 0.1) is 0 Å². The number of aliphatic hydroxyl groups is 1. The number of aromatic nitrogens is 4. The van der Waals surface area contributed by atoms with Gasteiger partial charge in [0.1, 0.15) is 33.9 Å². The molecule has 2 atom stereocenters. The second-order valence-corrected chi connectivity index (χ2v) is 11.6. The summed E-state index contributed by atoms with van der Waals surface area (Å²) in [4.78, 5) is 19.6. The normalized spacial score (nSPS) is 12.8. The van der Waals surface area contributed by atoms with Gasteiger partial charge in [-0.3, -0.25) is 0 Å². The average molecular weight is 588 g/mol. The minimum absolute atomic E-state index is 0.320. The van der Waals surface area contributed by atoms with Crippen molar-refractivity contribution in [2.45, 2.75) is 19.1 Å². The smallest absolute Gasteiger partial charge is 0.231 e. The van der Waals surface area contributed by atoms with Crippen molar-refractivity contribution >= 4 is 48.9 Å². The largest absolute Gasteiger partial charge is 0.438 e. The summed E-state index contributed by atoms with van der Waals surface area (Å²) in [6, 6.07) is 27.5. The van der Waals surface area contributed by atoms with Crippen LogP contribution < -0.4 is 10.1 Å². The van der Waals surface area contributed by atoms with Crippen molar-refractivity contribution in [1.82, 2.24) is 19.9 Å². The van der Waals surface area contributed by atoms with Crippen LogP contribution in [0.3, 0.4) is 0 Å². The molecule has 4 heterocycles. The lowest BCUT2D eigenvalue weighted by Gasteiger charge is -2.22. The van der Waals surface area contributed by atoms with Gasteiger partial charge in [-0.05, 0) is 35.7 Å². The number of benzene rings is 3. The van der Waals surface area contributed by atoms with Crippen LogP contribution >= 0.6 is 22.7 Å². The molecule has 0 amide bonds. The van der Waals surface area contributed by atoms with Crippen LogP contribution in [-0.4, -0.2) is 31.1 Å². The number of nitrogens with zero attached hydrogens (tertiary/aromatic N) is 4. The highest BCUT2D eigenvalue weighted by atomic mass is 32.1. The Hall–Kier alpha value is -4.70. The van der Waals surface area contributed by atoms with Crippen LogP contribution in [-0.2, 0) is 0 Å². The van der Waals surface area contributed by atoms with Gasteiger partial charge in [-0.15, -0.1) is 22.7 Å². The summed E-state index contributed by atoms with van der Waals surface area (Å²) < 4.78 is 6.24. The molecule has 4 aromatic heterocycles. The van der Waals surface area contributed by atoms with Gasteiger partial charge in [-0.2, -0.15) is 0 Å². The Labute approximate surface area is 250 Å². The number of rotatable bonds is 8. The van der Waals surface area contributed by atoms with E-state index in [1.165, 1.54) is 6.33 Å². The number of nitrogens with one attached hydrogen (secondary N) is 1. The molecule has 7 nitrogen and oxygen atoms in total. The molecule has 3 aromatic carbocycles. The van der Waals surface area contributed by atoms with E-state index < -0.39 is 6.10 Å². The molecule has 42 heavy (non-hydrogen) atoms. The van der Waals surface area contributed by atoms with E-state index in [-0.39, 0.29) is 6.04 Å². The second kappa shape index (κ2) is 11.3. The Kier molecular flexibility index (Phi) is 7.05. The number of hydrogen-bond donors (Lipinski definition) is 2. The van der Waals surface area contributed by atoms with Gasteiger partial charge in [-0.25, -0.2) is 19.9 Å².